The van der Waals surface area contributed by atoms with Crippen molar-refractivity contribution in [2.24, 2.45) is 0 Å². The van der Waals surface area contributed by atoms with Gasteiger partial charge in [-0.2, -0.15) is 5.26 Å². The van der Waals surface area contributed by atoms with Gasteiger partial charge >= 0.3 is 0 Å². The number of hydrogen-bond acceptors (Lipinski definition) is 2. The fourth-order valence-electron chi connectivity index (χ4n) is 1.75. The van der Waals surface area contributed by atoms with Crippen LogP contribution in [0.2, 0.25) is 0 Å². The fraction of sp³-hybridized carbons (Fsp3) is 0.0714. The quantitative estimate of drug-likeness (QED) is 0.732. The molecule has 2 nitrogen and oxygen atoms in total. The third-order valence-electron chi connectivity index (χ3n) is 2.54. The first-order valence-electron chi connectivity index (χ1n) is 5.08. The zero-order valence-electron chi connectivity index (χ0n) is 9.07. The Morgan fingerprint density at radius 1 is 1.12 bits per heavy atom. The summed E-state index contributed by atoms with van der Waals surface area (Å²) in [5.74, 6) is 0. The minimum absolute atomic E-state index is 0.529. The number of anilines is 1. The van der Waals surface area contributed by atoms with Crippen molar-refractivity contribution in [3.8, 4) is 17.2 Å². The largest absolute Gasteiger partial charge is 0.398 e. The van der Waals surface area contributed by atoms with Crippen LogP contribution in [-0.4, -0.2) is 0 Å². The van der Waals surface area contributed by atoms with E-state index < -0.39 is 0 Å². The maximum Gasteiger partial charge on any atom is 0.102 e. The number of hydrogen-bond donors (Lipinski definition) is 1. The lowest BCUT2D eigenvalue weighted by Crippen LogP contribution is -1.93. The van der Waals surface area contributed by atoms with Gasteiger partial charge in [0, 0.05) is 5.56 Å². The van der Waals surface area contributed by atoms with E-state index in [0.29, 0.717) is 11.3 Å². The smallest absolute Gasteiger partial charge is 0.102 e. The van der Waals surface area contributed by atoms with Gasteiger partial charge in [0.15, 0.2) is 0 Å². The molecule has 0 unspecified atom stereocenters. The molecule has 0 heterocycles. The first-order valence-corrected chi connectivity index (χ1v) is 5.08. The van der Waals surface area contributed by atoms with Gasteiger partial charge in [0.05, 0.1) is 11.3 Å². The van der Waals surface area contributed by atoms with Crippen LogP contribution in [0.4, 0.5) is 5.69 Å². The molecular weight excluding hydrogens is 196 g/mol. The molecule has 0 aliphatic rings. The third-order valence-corrected chi connectivity index (χ3v) is 2.54. The van der Waals surface area contributed by atoms with Crippen LogP contribution < -0.4 is 5.73 Å². The highest BCUT2D eigenvalue weighted by Crippen LogP contribution is 2.27. The van der Waals surface area contributed by atoms with Crippen molar-refractivity contribution in [2.45, 2.75) is 6.92 Å². The molecule has 78 valence electrons. The topological polar surface area (TPSA) is 49.8 Å². The van der Waals surface area contributed by atoms with E-state index in [1.165, 1.54) is 5.56 Å². The van der Waals surface area contributed by atoms with Crippen LogP contribution in [0, 0.1) is 18.3 Å². The Kier molecular flexibility index (Phi) is 2.61. The summed E-state index contributed by atoms with van der Waals surface area (Å²) in [7, 11) is 0. The standard InChI is InChI=1S/C14H12N2/c1-10-4-2-5-11(8-10)12-6-3-7-14(16)13(12)9-15/h2-8H,16H2,1H3. The number of nitrogen functional groups attached to an aromatic ring is 1. The SMILES string of the molecule is Cc1cccc(-c2cccc(N)c2C#N)c1. The second-order valence-corrected chi connectivity index (χ2v) is 3.75. The molecule has 2 N–H and O–H groups in total. The summed E-state index contributed by atoms with van der Waals surface area (Å²) in [6.07, 6.45) is 0. The summed E-state index contributed by atoms with van der Waals surface area (Å²) in [4.78, 5) is 0. The van der Waals surface area contributed by atoms with E-state index in [1.807, 2.05) is 37.3 Å². The van der Waals surface area contributed by atoms with Gasteiger partial charge in [-0.05, 0) is 18.6 Å². The number of nitriles is 1. The first kappa shape index (κ1) is 10.3. The molecule has 0 atom stereocenters. The van der Waals surface area contributed by atoms with Gasteiger partial charge in [-0.15, -0.1) is 0 Å². The van der Waals surface area contributed by atoms with Crippen molar-refractivity contribution < 1.29 is 0 Å². The zero-order chi connectivity index (χ0) is 11.5. The highest BCUT2D eigenvalue weighted by molar-refractivity contribution is 5.77. The highest BCUT2D eigenvalue weighted by atomic mass is 14.6. The molecule has 0 aliphatic carbocycles. The molecule has 0 radical (unpaired) electrons. The second-order valence-electron chi connectivity index (χ2n) is 3.75. The van der Waals surface area contributed by atoms with Crippen molar-refractivity contribution >= 4 is 5.69 Å². The molecule has 2 heteroatoms. The summed E-state index contributed by atoms with van der Waals surface area (Å²) in [5, 5.41) is 9.10. The lowest BCUT2D eigenvalue weighted by atomic mass is 9.98. The molecule has 0 spiro atoms. The summed E-state index contributed by atoms with van der Waals surface area (Å²) < 4.78 is 0. The van der Waals surface area contributed by atoms with Crippen LogP contribution in [0.1, 0.15) is 11.1 Å². The van der Waals surface area contributed by atoms with Crippen LogP contribution in [-0.2, 0) is 0 Å². The van der Waals surface area contributed by atoms with Crippen LogP contribution in [0.25, 0.3) is 11.1 Å². The second kappa shape index (κ2) is 4.08. The van der Waals surface area contributed by atoms with Crippen LogP contribution in [0.5, 0.6) is 0 Å². The van der Waals surface area contributed by atoms with E-state index in [4.69, 9.17) is 11.0 Å². The summed E-state index contributed by atoms with van der Waals surface area (Å²) in [6, 6.07) is 15.7. The Morgan fingerprint density at radius 2 is 1.88 bits per heavy atom. The average Bonchev–Trinajstić information content (AvgIpc) is 2.28. The zero-order valence-corrected chi connectivity index (χ0v) is 9.07. The molecule has 2 aromatic rings. The predicted octanol–water partition coefficient (Wildman–Crippen LogP) is 3.12. The minimum atomic E-state index is 0.529. The maximum atomic E-state index is 9.10. The Hall–Kier alpha value is -2.27. The van der Waals surface area contributed by atoms with Gasteiger partial charge in [-0.1, -0.05) is 42.0 Å². The van der Waals surface area contributed by atoms with E-state index in [0.717, 1.165) is 11.1 Å². The molecule has 16 heavy (non-hydrogen) atoms. The van der Waals surface area contributed by atoms with Crippen molar-refractivity contribution in [2.75, 3.05) is 5.73 Å². The fourth-order valence-corrected chi connectivity index (χ4v) is 1.75. The molecule has 0 aromatic heterocycles. The van der Waals surface area contributed by atoms with E-state index in [2.05, 4.69) is 12.1 Å². The van der Waals surface area contributed by atoms with E-state index >= 15 is 0 Å². The molecule has 0 saturated carbocycles. The third kappa shape index (κ3) is 1.76. The summed E-state index contributed by atoms with van der Waals surface area (Å²) in [5.41, 5.74) is 9.96. The van der Waals surface area contributed by atoms with Gasteiger partial charge in [-0.25, -0.2) is 0 Å². The molecule has 0 aliphatic heterocycles. The average molecular weight is 208 g/mol. The summed E-state index contributed by atoms with van der Waals surface area (Å²) >= 11 is 0. The van der Waals surface area contributed by atoms with Crippen molar-refractivity contribution in [3.63, 3.8) is 0 Å². The molecule has 0 amide bonds. The van der Waals surface area contributed by atoms with Crippen molar-refractivity contribution in [1.29, 1.82) is 5.26 Å². The van der Waals surface area contributed by atoms with Gasteiger partial charge in [0.2, 0.25) is 0 Å². The van der Waals surface area contributed by atoms with Gasteiger partial charge in [0.25, 0.3) is 0 Å². The number of rotatable bonds is 1. The summed E-state index contributed by atoms with van der Waals surface area (Å²) in [6.45, 7) is 2.03. The lowest BCUT2D eigenvalue weighted by Gasteiger charge is -2.07. The number of aryl methyl sites for hydroxylation is 1. The Morgan fingerprint density at radius 3 is 2.56 bits per heavy atom. The molecule has 0 fully saturated rings. The van der Waals surface area contributed by atoms with E-state index in [-0.39, 0.29) is 0 Å². The highest BCUT2D eigenvalue weighted by Gasteiger charge is 2.07. The predicted molar refractivity (Wildman–Crippen MR) is 65.7 cm³/mol. The van der Waals surface area contributed by atoms with Crippen molar-refractivity contribution in [1.82, 2.24) is 0 Å². The van der Waals surface area contributed by atoms with Crippen LogP contribution >= 0.6 is 0 Å². The normalized spacial score (nSPS) is 9.75. The molecule has 2 rings (SSSR count). The monoisotopic (exact) mass is 208 g/mol. The number of nitrogens with zero attached hydrogens (tertiary/aromatic N) is 1. The number of benzene rings is 2. The first-order chi connectivity index (χ1) is 7.72. The molecular formula is C14H12N2. The van der Waals surface area contributed by atoms with E-state index in [1.54, 1.807) is 6.07 Å². The van der Waals surface area contributed by atoms with Gasteiger partial charge in [0.1, 0.15) is 6.07 Å². The van der Waals surface area contributed by atoms with Crippen molar-refractivity contribution in [3.05, 3.63) is 53.6 Å². The Labute approximate surface area is 95.0 Å². The maximum absolute atomic E-state index is 9.10. The van der Waals surface area contributed by atoms with Gasteiger partial charge < -0.3 is 5.73 Å². The molecule has 0 saturated heterocycles. The lowest BCUT2D eigenvalue weighted by molar-refractivity contribution is 1.44. The number of nitrogens with two attached hydrogens (primary N) is 1. The minimum Gasteiger partial charge on any atom is -0.398 e. The van der Waals surface area contributed by atoms with Crippen LogP contribution in [0.3, 0.4) is 0 Å². The van der Waals surface area contributed by atoms with E-state index in [9.17, 15) is 0 Å². The van der Waals surface area contributed by atoms with Crippen LogP contribution in [0.15, 0.2) is 42.5 Å². The molecule has 0 bridgehead atoms. The Bertz CT molecular complexity index is 565. The Balaban J connectivity index is 2.66. The molecule has 2 aromatic carbocycles. The van der Waals surface area contributed by atoms with Gasteiger partial charge in [-0.3, -0.25) is 0 Å².